The van der Waals surface area contributed by atoms with Crippen LogP contribution in [-0.2, 0) is 77.3 Å². The van der Waals surface area contributed by atoms with Crippen LogP contribution in [0.1, 0.15) is 200 Å². The van der Waals surface area contributed by atoms with E-state index in [1.54, 1.807) is 33.9 Å². The molecule has 0 spiro atoms. The van der Waals surface area contributed by atoms with Crippen LogP contribution in [0.25, 0.3) is 0 Å². The highest BCUT2D eigenvalue weighted by Gasteiger charge is 2.36. The molecule has 6 aliphatic rings. The molecule has 1 aromatic carbocycles. The average Bonchev–Trinajstić information content (AvgIpc) is 3.61. The number of benzene rings is 1. The van der Waals surface area contributed by atoms with Crippen molar-refractivity contribution in [2.75, 3.05) is 0 Å². The first kappa shape index (κ1) is 30.8. The van der Waals surface area contributed by atoms with Crippen molar-refractivity contribution in [2.24, 2.45) is 0 Å². The van der Waals surface area contributed by atoms with Gasteiger partial charge in [-0.1, -0.05) is 20.8 Å². The Hall–Kier alpha value is -2.22. The van der Waals surface area contributed by atoms with Gasteiger partial charge in [-0.05, 0) is 221 Å². The maximum absolute atomic E-state index is 3.00. The van der Waals surface area contributed by atoms with Crippen molar-refractivity contribution >= 4 is 0 Å². The molecule has 2 atom stereocenters. The Bertz CT molecular complexity index is 1600. The molecule has 2 aromatic heterocycles. The number of hydrogen-bond acceptors (Lipinski definition) is 0. The predicted octanol–water partition coefficient (Wildman–Crippen LogP) is 10.9. The Morgan fingerprint density at radius 3 is 1.79 bits per heavy atom. The van der Waals surface area contributed by atoms with Gasteiger partial charge in [0.25, 0.3) is 0 Å². The van der Waals surface area contributed by atoms with Crippen LogP contribution in [0.2, 0.25) is 0 Å². The summed E-state index contributed by atoms with van der Waals surface area (Å²) < 4.78 is 5.87. The molecular formula is C45H62N2. The zero-order valence-corrected chi connectivity index (χ0v) is 30.3. The molecule has 2 heteroatoms. The lowest BCUT2D eigenvalue weighted by atomic mass is 9.73. The van der Waals surface area contributed by atoms with Gasteiger partial charge in [-0.25, -0.2) is 0 Å². The molecule has 0 fully saturated rings. The van der Waals surface area contributed by atoms with E-state index in [4.69, 9.17) is 0 Å². The topological polar surface area (TPSA) is 9.86 Å². The van der Waals surface area contributed by atoms with Crippen LogP contribution in [-0.4, -0.2) is 9.13 Å². The molecule has 0 saturated carbocycles. The lowest BCUT2D eigenvalue weighted by molar-refractivity contribution is 0.444. The molecule has 0 amide bonds. The van der Waals surface area contributed by atoms with Gasteiger partial charge >= 0.3 is 0 Å². The van der Waals surface area contributed by atoms with E-state index in [0.717, 1.165) is 5.92 Å². The number of nitrogens with zero attached hydrogens (tertiary/aromatic N) is 2. The Balaban J connectivity index is 1.12. The minimum absolute atomic E-state index is 0.661. The molecule has 0 N–H and O–H groups in total. The van der Waals surface area contributed by atoms with Gasteiger partial charge in [-0.3, -0.25) is 0 Å². The van der Waals surface area contributed by atoms with Gasteiger partial charge in [-0.2, -0.15) is 0 Å². The molecule has 2 nitrogen and oxygen atoms in total. The molecule has 5 aliphatic carbocycles. The largest absolute Gasteiger partial charge is 0.348 e. The van der Waals surface area contributed by atoms with Crippen LogP contribution >= 0.6 is 0 Å². The summed E-state index contributed by atoms with van der Waals surface area (Å²) in [4.78, 5) is 0. The van der Waals surface area contributed by atoms with Gasteiger partial charge in [0, 0.05) is 35.9 Å². The van der Waals surface area contributed by atoms with Crippen molar-refractivity contribution in [1.29, 1.82) is 0 Å². The number of aromatic nitrogens is 2. The van der Waals surface area contributed by atoms with Crippen LogP contribution in [0.5, 0.6) is 0 Å². The Labute approximate surface area is 286 Å². The van der Waals surface area contributed by atoms with Crippen molar-refractivity contribution in [2.45, 2.75) is 199 Å². The minimum Gasteiger partial charge on any atom is -0.348 e. The Morgan fingerprint density at radius 2 is 1.09 bits per heavy atom. The lowest BCUT2D eigenvalue weighted by Gasteiger charge is -2.34. The molecule has 3 heterocycles. The lowest BCUT2D eigenvalue weighted by Crippen LogP contribution is -2.22. The van der Waals surface area contributed by atoms with Crippen LogP contribution in [0, 0.1) is 0 Å². The second kappa shape index (κ2) is 12.6. The minimum atomic E-state index is 0.661. The molecule has 2 unspecified atom stereocenters. The van der Waals surface area contributed by atoms with E-state index < -0.39 is 0 Å². The zero-order chi connectivity index (χ0) is 31.6. The van der Waals surface area contributed by atoms with E-state index in [0.29, 0.717) is 11.8 Å². The summed E-state index contributed by atoms with van der Waals surface area (Å²) in [5.41, 5.74) is 25.3. The molecule has 3 aromatic rings. The summed E-state index contributed by atoms with van der Waals surface area (Å²) in [6, 6.07) is 0. The molecular weight excluding hydrogens is 569 g/mol. The second-order valence-electron chi connectivity index (χ2n) is 17.3. The number of rotatable bonds is 6. The van der Waals surface area contributed by atoms with Crippen molar-refractivity contribution in [1.82, 2.24) is 9.13 Å². The van der Waals surface area contributed by atoms with Crippen LogP contribution in [0.15, 0.2) is 0 Å². The molecule has 47 heavy (non-hydrogen) atoms. The molecule has 0 radical (unpaired) electrons. The highest BCUT2D eigenvalue weighted by molar-refractivity contribution is 5.56. The monoisotopic (exact) mass is 630 g/mol. The summed E-state index contributed by atoms with van der Waals surface area (Å²) in [6.07, 6.45) is 31.5. The quantitative estimate of drug-likeness (QED) is 0.256. The first-order chi connectivity index (χ1) is 23.1. The van der Waals surface area contributed by atoms with Crippen molar-refractivity contribution < 1.29 is 0 Å². The van der Waals surface area contributed by atoms with E-state index in [-0.39, 0.29) is 0 Å². The zero-order valence-electron chi connectivity index (χ0n) is 30.3. The Morgan fingerprint density at radius 1 is 0.532 bits per heavy atom. The standard InChI is InChI=1S/C45H62N2/c1-29(2)43-35-19-7-4-16-32(35)39(33-17-5-8-20-36(33)43)28-47-41-23-11-10-22-38(41)44-31(15-14-25-42(44)47)27-30(3)45-37-21-9-6-18-34(37)40-24-12-13-26-46(40)45/h29-31H,4-28H2,1-3H3. The fourth-order valence-electron chi connectivity index (χ4n) is 12.5. The summed E-state index contributed by atoms with van der Waals surface area (Å²) in [7, 11) is 0. The summed E-state index contributed by atoms with van der Waals surface area (Å²) in [5, 5.41) is 0. The van der Waals surface area contributed by atoms with Gasteiger partial charge in [0.15, 0.2) is 0 Å². The third kappa shape index (κ3) is 5.07. The molecule has 252 valence electrons. The summed E-state index contributed by atoms with van der Waals surface area (Å²) in [5.74, 6) is 2.09. The van der Waals surface area contributed by atoms with E-state index in [1.807, 2.05) is 44.5 Å². The third-order valence-electron chi connectivity index (χ3n) is 14.2. The van der Waals surface area contributed by atoms with Gasteiger partial charge < -0.3 is 9.13 Å². The fraction of sp³-hybridized carbons (Fsp3) is 0.689. The van der Waals surface area contributed by atoms with E-state index >= 15 is 0 Å². The first-order valence-electron chi connectivity index (χ1n) is 20.7. The highest BCUT2D eigenvalue weighted by Crippen LogP contribution is 2.48. The van der Waals surface area contributed by atoms with Gasteiger partial charge in [-0.15, -0.1) is 0 Å². The predicted molar refractivity (Wildman–Crippen MR) is 197 cm³/mol. The van der Waals surface area contributed by atoms with E-state index in [9.17, 15) is 0 Å². The van der Waals surface area contributed by atoms with E-state index in [2.05, 4.69) is 29.9 Å². The van der Waals surface area contributed by atoms with Gasteiger partial charge in [0.1, 0.15) is 0 Å². The van der Waals surface area contributed by atoms with Gasteiger partial charge in [0.2, 0.25) is 0 Å². The van der Waals surface area contributed by atoms with Crippen molar-refractivity contribution in [3.05, 3.63) is 78.4 Å². The first-order valence-corrected chi connectivity index (χ1v) is 20.7. The molecule has 9 rings (SSSR count). The molecule has 0 bridgehead atoms. The maximum Gasteiger partial charge on any atom is 0.0481 e. The third-order valence-corrected chi connectivity index (χ3v) is 14.2. The summed E-state index contributed by atoms with van der Waals surface area (Å²) in [6.45, 7) is 10.1. The summed E-state index contributed by atoms with van der Waals surface area (Å²) >= 11 is 0. The second-order valence-corrected chi connectivity index (χ2v) is 17.3. The van der Waals surface area contributed by atoms with Gasteiger partial charge in [0.05, 0.1) is 0 Å². The van der Waals surface area contributed by atoms with Crippen LogP contribution in [0.4, 0.5) is 0 Å². The molecule has 1 aliphatic heterocycles. The Kier molecular flexibility index (Phi) is 8.25. The van der Waals surface area contributed by atoms with Crippen LogP contribution in [0.3, 0.4) is 0 Å². The maximum atomic E-state index is 3.00. The van der Waals surface area contributed by atoms with Crippen LogP contribution < -0.4 is 0 Å². The van der Waals surface area contributed by atoms with Crippen molar-refractivity contribution in [3.8, 4) is 0 Å². The normalized spacial score (nSPS) is 22.6. The SMILES string of the molecule is CC(C)c1c2c(c(Cn3c4c(c5c3CCCC5CC(C)c3c5c(c6n3CCCC6)CCCC5)CCCC4)c3c1CCCC3)CCCC2. The van der Waals surface area contributed by atoms with E-state index in [1.165, 1.54) is 161 Å². The number of fused-ring (bicyclic) bond motifs is 8. The highest BCUT2D eigenvalue weighted by atomic mass is 15.0. The molecule has 0 saturated heterocycles. The smallest absolute Gasteiger partial charge is 0.0481 e. The van der Waals surface area contributed by atoms with Crippen molar-refractivity contribution in [3.63, 3.8) is 0 Å². The fourth-order valence-corrected chi connectivity index (χ4v) is 12.5. The average molecular weight is 631 g/mol. The number of hydrogen-bond donors (Lipinski definition) is 0.